The van der Waals surface area contributed by atoms with E-state index in [2.05, 4.69) is 5.11 Å². The van der Waals surface area contributed by atoms with E-state index in [1.54, 1.807) is 6.07 Å². The molecule has 66 valence electrons. The van der Waals surface area contributed by atoms with Gasteiger partial charge in [-0.1, -0.05) is 30.3 Å². The lowest BCUT2D eigenvalue weighted by atomic mass is 10.1. The van der Waals surface area contributed by atoms with Crippen molar-refractivity contribution < 1.29 is 4.77 Å². The van der Waals surface area contributed by atoms with Crippen molar-refractivity contribution in [1.82, 2.24) is 0 Å². The molecule has 0 saturated carbocycles. The quantitative estimate of drug-likeness (QED) is 0.379. The summed E-state index contributed by atoms with van der Waals surface area (Å²) in [7, 11) is 4.88. The maximum absolute atomic E-state index is 10.5. The molecule has 14 heavy (non-hydrogen) atoms. The van der Waals surface area contributed by atoms with Gasteiger partial charge in [0.1, 0.15) is 5.69 Å². The summed E-state index contributed by atoms with van der Waals surface area (Å²) in [4.78, 5) is 0. The van der Waals surface area contributed by atoms with Gasteiger partial charge in [-0.05, 0) is 28.0 Å². The first-order valence-corrected chi connectivity index (χ1v) is 4.18. The average molecular weight is 182 g/mol. The maximum atomic E-state index is 10.5. The SMILES string of the molecule is [B][N+]([O-])=Nc1ccc2ccccc2c1. The van der Waals surface area contributed by atoms with Crippen molar-refractivity contribution in [3.05, 3.63) is 47.7 Å². The Balaban J connectivity index is 2.57. The molecule has 4 heteroatoms. The van der Waals surface area contributed by atoms with Crippen molar-refractivity contribution in [2.24, 2.45) is 5.11 Å². The zero-order valence-electron chi connectivity index (χ0n) is 7.42. The fourth-order valence-electron chi connectivity index (χ4n) is 1.35. The lowest BCUT2D eigenvalue weighted by Gasteiger charge is -1.98. The molecule has 0 heterocycles. The highest BCUT2D eigenvalue weighted by atomic mass is 16.5. The minimum atomic E-state index is 0.0596. The Morgan fingerprint density at radius 2 is 1.79 bits per heavy atom. The van der Waals surface area contributed by atoms with E-state index in [1.807, 2.05) is 36.4 Å². The van der Waals surface area contributed by atoms with Gasteiger partial charge in [0.25, 0.3) is 0 Å². The van der Waals surface area contributed by atoms with Gasteiger partial charge in [-0.2, -0.15) is 4.77 Å². The molecule has 2 rings (SSSR count). The molecule has 2 aromatic rings. The number of hydrogen-bond acceptors (Lipinski definition) is 2. The first-order valence-electron chi connectivity index (χ1n) is 4.18. The molecule has 0 aliphatic heterocycles. The van der Waals surface area contributed by atoms with Gasteiger partial charge in [-0.25, -0.2) is 0 Å². The van der Waals surface area contributed by atoms with Crippen LogP contribution in [0.25, 0.3) is 10.8 Å². The van der Waals surface area contributed by atoms with Crippen molar-refractivity contribution in [3.8, 4) is 0 Å². The molecule has 2 aromatic carbocycles. The van der Waals surface area contributed by atoms with Gasteiger partial charge >= 0.3 is 7.98 Å². The Bertz CT molecular complexity index is 492. The monoisotopic (exact) mass is 182 g/mol. The van der Waals surface area contributed by atoms with E-state index in [4.69, 9.17) is 7.98 Å². The van der Waals surface area contributed by atoms with E-state index >= 15 is 0 Å². The smallest absolute Gasteiger partial charge is 0.623 e. The predicted molar refractivity (Wildman–Crippen MR) is 55.4 cm³/mol. The third-order valence-corrected chi connectivity index (χ3v) is 1.95. The molecule has 0 bridgehead atoms. The summed E-state index contributed by atoms with van der Waals surface area (Å²) < 4.78 is 0.0596. The number of hydrogen-bond donors (Lipinski definition) is 0. The topological polar surface area (TPSA) is 38.4 Å². The van der Waals surface area contributed by atoms with E-state index in [0.717, 1.165) is 10.8 Å². The van der Waals surface area contributed by atoms with Crippen LogP contribution in [0.3, 0.4) is 0 Å². The second-order valence-corrected chi connectivity index (χ2v) is 2.93. The minimum Gasteiger partial charge on any atom is -0.625 e. The molecule has 0 amide bonds. The molecule has 0 aliphatic rings. The van der Waals surface area contributed by atoms with Crippen molar-refractivity contribution in [2.75, 3.05) is 0 Å². The lowest BCUT2D eigenvalue weighted by Crippen LogP contribution is -1.89. The second-order valence-electron chi connectivity index (χ2n) is 2.93. The molecule has 3 nitrogen and oxygen atoms in total. The molecule has 0 aromatic heterocycles. The Morgan fingerprint density at radius 1 is 1.07 bits per heavy atom. The molecule has 0 saturated heterocycles. The molecular weight excluding hydrogens is 175 g/mol. The summed E-state index contributed by atoms with van der Waals surface area (Å²) in [5.74, 6) is 0. The Labute approximate surface area is 82.7 Å². The van der Waals surface area contributed by atoms with Gasteiger partial charge in [0, 0.05) is 0 Å². The highest BCUT2D eigenvalue weighted by Gasteiger charge is 1.96. The van der Waals surface area contributed by atoms with E-state index in [0.29, 0.717) is 5.69 Å². The van der Waals surface area contributed by atoms with Crippen LogP contribution in [0.1, 0.15) is 0 Å². The van der Waals surface area contributed by atoms with Crippen LogP contribution >= 0.6 is 0 Å². The molecule has 0 fully saturated rings. The van der Waals surface area contributed by atoms with Crippen molar-refractivity contribution in [3.63, 3.8) is 0 Å². The van der Waals surface area contributed by atoms with E-state index in [1.165, 1.54) is 0 Å². The van der Waals surface area contributed by atoms with Crippen LogP contribution in [0.4, 0.5) is 5.69 Å². The van der Waals surface area contributed by atoms with Gasteiger partial charge in [-0.3, -0.25) is 0 Å². The molecule has 0 atom stereocenters. The first-order chi connectivity index (χ1) is 6.75. The molecule has 0 unspecified atom stereocenters. The summed E-state index contributed by atoms with van der Waals surface area (Å²) in [6.07, 6.45) is 0. The zero-order chi connectivity index (χ0) is 9.97. The third-order valence-electron chi connectivity index (χ3n) is 1.95. The van der Waals surface area contributed by atoms with E-state index in [9.17, 15) is 5.21 Å². The summed E-state index contributed by atoms with van der Waals surface area (Å²) >= 11 is 0. The van der Waals surface area contributed by atoms with Crippen molar-refractivity contribution in [1.29, 1.82) is 0 Å². The first kappa shape index (κ1) is 8.75. The van der Waals surface area contributed by atoms with Crippen LogP contribution in [0.5, 0.6) is 0 Å². The van der Waals surface area contributed by atoms with Gasteiger partial charge in [0.15, 0.2) is 0 Å². The third kappa shape index (κ3) is 1.74. The Morgan fingerprint density at radius 3 is 2.50 bits per heavy atom. The largest absolute Gasteiger partial charge is 0.625 e. The molecular formula is C10H7BN2O. The van der Waals surface area contributed by atoms with Crippen LogP contribution in [-0.4, -0.2) is 12.8 Å². The second kappa shape index (κ2) is 3.50. The maximum Gasteiger partial charge on any atom is 0.623 e. The van der Waals surface area contributed by atoms with Gasteiger partial charge < -0.3 is 5.21 Å². The number of benzene rings is 2. The Hall–Kier alpha value is -1.84. The average Bonchev–Trinajstić information content (AvgIpc) is 2.17. The zero-order valence-corrected chi connectivity index (χ0v) is 7.42. The summed E-state index contributed by atoms with van der Waals surface area (Å²) in [5.41, 5.74) is 0.557. The summed E-state index contributed by atoms with van der Waals surface area (Å²) in [6, 6.07) is 13.3. The standard InChI is InChI=1S/C10H7BN2O/c11-13(14)12-10-6-5-8-3-1-2-4-9(8)7-10/h1-7H. The van der Waals surface area contributed by atoms with Gasteiger partial charge in [-0.15, -0.1) is 0 Å². The van der Waals surface area contributed by atoms with E-state index in [-0.39, 0.29) is 4.77 Å². The Kier molecular flexibility index (Phi) is 2.19. The van der Waals surface area contributed by atoms with Crippen LogP contribution in [-0.2, 0) is 0 Å². The van der Waals surface area contributed by atoms with Crippen LogP contribution in [0, 0.1) is 5.21 Å². The van der Waals surface area contributed by atoms with E-state index < -0.39 is 0 Å². The molecule has 0 spiro atoms. The van der Waals surface area contributed by atoms with Gasteiger partial charge in [0.2, 0.25) is 0 Å². The predicted octanol–water partition coefficient (Wildman–Crippen LogP) is 2.52. The summed E-state index contributed by atoms with van der Waals surface area (Å²) in [6.45, 7) is 0. The van der Waals surface area contributed by atoms with Crippen LogP contribution in [0.2, 0.25) is 0 Å². The molecule has 2 radical (unpaired) electrons. The number of nitrogens with zero attached hydrogens (tertiary/aromatic N) is 2. The molecule has 0 N–H and O–H groups in total. The van der Waals surface area contributed by atoms with Crippen molar-refractivity contribution in [2.45, 2.75) is 0 Å². The van der Waals surface area contributed by atoms with Crippen molar-refractivity contribution >= 4 is 24.4 Å². The van der Waals surface area contributed by atoms with Gasteiger partial charge in [0.05, 0.1) is 0 Å². The number of rotatable bonds is 1. The lowest BCUT2D eigenvalue weighted by molar-refractivity contribution is -0.367. The minimum absolute atomic E-state index is 0.0596. The summed E-state index contributed by atoms with van der Waals surface area (Å²) in [5, 5.41) is 16.2. The van der Waals surface area contributed by atoms with Crippen LogP contribution in [0.15, 0.2) is 47.6 Å². The fraction of sp³-hybridized carbons (Fsp3) is 0. The highest BCUT2D eigenvalue weighted by Crippen LogP contribution is 2.20. The normalized spacial score (nSPS) is 11.9. The highest BCUT2D eigenvalue weighted by molar-refractivity contribution is 5.95. The molecule has 0 aliphatic carbocycles. The number of fused-ring (bicyclic) bond motifs is 1. The van der Waals surface area contributed by atoms with Crippen LogP contribution < -0.4 is 0 Å². The fourth-order valence-corrected chi connectivity index (χ4v) is 1.35.